The van der Waals surface area contributed by atoms with Crippen molar-refractivity contribution < 1.29 is 0 Å². The molecule has 0 aromatic carbocycles. The van der Waals surface area contributed by atoms with E-state index in [1.54, 1.807) is 11.8 Å². The highest BCUT2D eigenvalue weighted by Crippen LogP contribution is 2.21. The second-order valence-corrected chi connectivity index (χ2v) is 4.86. The molecule has 0 bridgehead atoms. The number of rotatable bonds is 2. The van der Waals surface area contributed by atoms with Crippen molar-refractivity contribution in [1.29, 1.82) is 0 Å². The molecule has 0 spiro atoms. The van der Waals surface area contributed by atoms with E-state index in [0.717, 1.165) is 21.0 Å². The second kappa shape index (κ2) is 4.93. The van der Waals surface area contributed by atoms with Gasteiger partial charge in [-0.3, -0.25) is 0 Å². The summed E-state index contributed by atoms with van der Waals surface area (Å²) < 4.78 is 0.783. The van der Waals surface area contributed by atoms with Gasteiger partial charge in [0.15, 0.2) is 5.82 Å². The Labute approximate surface area is 107 Å². The average molecular weight is 296 g/mol. The van der Waals surface area contributed by atoms with Crippen molar-refractivity contribution in [2.24, 2.45) is 0 Å². The topological polar surface area (TPSA) is 38.7 Å². The average Bonchev–Trinajstić information content (AvgIpc) is 2.28. The number of aryl methyl sites for hydroxylation is 1. The van der Waals surface area contributed by atoms with Gasteiger partial charge in [0.25, 0.3) is 0 Å². The molecular weight excluding hydrogens is 286 g/mol. The van der Waals surface area contributed by atoms with E-state index in [0.29, 0.717) is 5.82 Å². The molecule has 0 radical (unpaired) electrons. The summed E-state index contributed by atoms with van der Waals surface area (Å²) in [5.41, 5.74) is 1.77. The van der Waals surface area contributed by atoms with E-state index < -0.39 is 0 Å². The molecule has 0 saturated carbocycles. The van der Waals surface area contributed by atoms with Crippen LogP contribution in [0.2, 0.25) is 0 Å². The third kappa shape index (κ3) is 2.59. The summed E-state index contributed by atoms with van der Waals surface area (Å²) in [5.74, 6) is 0.655. The first-order valence-electron chi connectivity index (χ1n) is 4.71. The molecular formula is C11H10BrN3S. The Hall–Kier alpha value is -0.940. The molecule has 0 fully saturated rings. The van der Waals surface area contributed by atoms with Gasteiger partial charge in [0.1, 0.15) is 15.3 Å². The van der Waals surface area contributed by atoms with E-state index in [-0.39, 0.29) is 0 Å². The number of nitrogens with zero attached hydrogens (tertiary/aromatic N) is 3. The lowest BCUT2D eigenvalue weighted by Crippen LogP contribution is -1.94. The molecule has 0 aliphatic rings. The van der Waals surface area contributed by atoms with Crippen LogP contribution in [0, 0.1) is 6.92 Å². The lowest BCUT2D eigenvalue weighted by Gasteiger charge is -2.03. The number of halogens is 1. The first-order chi connectivity index (χ1) is 7.69. The van der Waals surface area contributed by atoms with Gasteiger partial charge in [0.05, 0.1) is 0 Å². The standard InChI is InChI=1S/C11H10BrN3S/c1-7-4-3-5-8(13-7)11-14-9(12)6-10(15-11)16-2/h3-6H,1-2H3. The molecule has 16 heavy (non-hydrogen) atoms. The zero-order chi connectivity index (χ0) is 11.5. The maximum absolute atomic E-state index is 4.42. The summed E-state index contributed by atoms with van der Waals surface area (Å²) in [7, 11) is 0. The Morgan fingerprint density at radius 1 is 1.19 bits per heavy atom. The van der Waals surface area contributed by atoms with Crippen molar-refractivity contribution in [3.05, 3.63) is 34.6 Å². The number of pyridine rings is 1. The minimum absolute atomic E-state index is 0.655. The van der Waals surface area contributed by atoms with Crippen LogP contribution in [-0.4, -0.2) is 21.2 Å². The molecule has 0 atom stereocenters. The van der Waals surface area contributed by atoms with E-state index in [4.69, 9.17) is 0 Å². The molecule has 3 nitrogen and oxygen atoms in total. The fourth-order valence-corrected chi connectivity index (χ4v) is 2.23. The SMILES string of the molecule is CSc1cc(Br)nc(-c2cccc(C)n2)n1. The van der Waals surface area contributed by atoms with Crippen LogP contribution in [0.25, 0.3) is 11.5 Å². The van der Waals surface area contributed by atoms with Crippen molar-refractivity contribution in [1.82, 2.24) is 15.0 Å². The molecule has 0 unspecified atom stereocenters. The van der Waals surface area contributed by atoms with Gasteiger partial charge in [-0.15, -0.1) is 11.8 Å². The van der Waals surface area contributed by atoms with Crippen molar-refractivity contribution in [3.63, 3.8) is 0 Å². The van der Waals surface area contributed by atoms with Gasteiger partial charge in [-0.1, -0.05) is 6.07 Å². The predicted molar refractivity (Wildman–Crippen MR) is 69.5 cm³/mol. The summed E-state index contributed by atoms with van der Waals surface area (Å²) in [6.45, 7) is 1.96. The first kappa shape index (κ1) is 11.5. The highest BCUT2D eigenvalue weighted by Gasteiger charge is 2.06. The Morgan fingerprint density at radius 3 is 2.69 bits per heavy atom. The molecule has 2 aromatic rings. The zero-order valence-corrected chi connectivity index (χ0v) is 11.3. The maximum atomic E-state index is 4.42. The summed E-state index contributed by atoms with van der Waals surface area (Å²) in [6.07, 6.45) is 1.99. The van der Waals surface area contributed by atoms with Gasteiger partial charge in [0.2, 0.25) is 0 Å². The normalized spacial score (nSPS) is 10.4. The van der Waals surface area contributed by atoms with Crippen LogP contribution >= 0.6 is 27.7 Å². The van der Waals surface area contributed by atoms with Gasteiger partial charge in [-0.05, 0) is 41.2 Å². The number of aromatic nitrogens is 3. The Kier molecular flexibility index (Phi) is 3.56. The largest absolute Gasteiger partial charge is 0.250 e. The number of hydrogen-bond donors (Lipinski definition) is 0. The van der Waals surface area contributed by atoms with Gasteiger partial charge in [-0.25, -0.2) is 15.0 Å². The molecule has 2 aromatic heterocycles. The van der Waals surface area contributed by atoms with Crippen LogP contribution in [0.1, 0.15) is 5.69 Å². The Balaban J connectivity index is 2.51. The molecule has 0 saturated heterocycles. The van der Waals surface area contributed by atoms with Crippen LogP contribution in [0.15, 0.2) is 33.9 Å². The smallest absolute Gasteiger partial charge is 0.180 e. The highest BCUT2D eigenvalue weighted by atomic mass is 79.9. The van der Waals surface area contributed by atoms with Gasteiger partial charge in [-0.2, -0.15) is 0 Å². The number of hydrogen-bond acceptors (Lipinski definition) is 4. The third-order valence-electron chi connectivity index (χ3n) is 2.00. The minimum atomic E-state index is 0.655. The minimum Gasteiger partial charge on any atom is -0.250 e. The molecule has 0 N–H and O–H groups in total. The van der Waals surface area contributed by atoms with Crippen molar-refractivity contribution in [2.45, 2.75) is 11.9 Å². The third-order valence-corrected chi connectivity index (χ3v) is 3.03. The van der Waals surface area contributed by atoms with Crippen LogP contribution in [0.4, 0.5) is 0 Å². The summed E-state index contributed by atoms with van der Waals surface area (Å²) in [5, 5.41) is 0.931. The molecule has 0 aliphatic carbocycles. The summed E-state index contributed by atoms with van der Waals surface area (Å²) in [6, 6.07) is 7.72. The van der Waals surface area contributed by atoms with E-state index in [9.17, 15) is 0 Å². The van der Waals surface area contributed by atoms with E-state index in [1.165, 1.54) is 0 Å². The quantitative estimate of drug-likeness (QED) is 0.629. The second-order valence-electron chi connectivity index (χ2n) is 3.22. The maximum Gasteiger partial charge on any atom is 0.180 e. The summed E-state index contributed by atoms with van der Waals surface area (Å²) in [4.78, 5) is 13.2. The zero-order valence-electron chi connectivity index (χ0n) is 8.94. The Morgan fingerprint density at radius 2 is 2.00 bits per heavy atom. The van der Waals surface area contributed by atoms with Crippen molar-refractivity contribution in [3.8, 4) is 11.5 Å². The molecule has 82 valence electrons. The van der Waals surface area contributed by atoms with Gasteiger partial charge in [0, 0.05) is 11.8 Å². The molecule has 0 aliphatic heterocycles. The monoisotopic (exact) mass is 295 g/mol. The van der Waals surface area contributed by atoms with Gasteiger partial charge >= 0.3 is 0 Å². The lowest BCUT2D eigenvalue weighted by atomic mass is 10.3. The van der Waals surface area contributed by atoms with E-state index in [2.05, 4.69) is 30.9 Å². The van der Waals surface area contributed by atoms with Gasteiger partial charge < -0.3 is 0 Å². The van der Waals surface area contributed by atoms with Crippen LogP contribution in [0.3, 0.4) is 0 Å². The molecule has 2 heterocycles. The van der Waals surface area contributed by atoms with Crippen molar-refractivity contribution in [2.75, 3.05) is 6.26 Å². The van der Waals surface area contributed by atoms with E-state index in [1.807, 2.05) is 37.4 Å². The Bertz CT molecular complexity index is 516. The fraction of sp³-hybridized carbons (Fsp3) is 0.182. The van der Waals surface area contributed by atoms with Crippen LogP contribution in [-0.2, 0) is 0 Å². The highest BCUT2D eigenvalue weighted by molar-refractivity contribution is 9.10. The van der Waals surface area contributed by atoms with Crippen LogP contribution < -0.4 is 0 Å². The van der Waals surface area contributed by atoms with E-state index >= 15 is 0 Å². The van der Waals surface area contributed by atoms with Crippen molar-refractivity contribution >= 4 is 27.7 Å². The predicted octanol–water partition coefficient (Wildman–Crippen LogP) is 3.33. The molecule has 2 rings (SSSR count). The molecule has 5 heteroatoms. The lowest BCUT2D eigenvalue weighted by molar-refractivity contribution is 1.02. The summed E-state index contributed by atoms with van der Waals surface area (Å²) >= 11 is 4.96. The van der Waals surface area contributed by atoms with Crippen LogP contribution in [0.5, 0.6) is 0 Å². The number of thioether (sulfide) groups is 1. The first-order valence-corrected chi connectivity index (χ1v) is 6.73. The fourth-order valence-electron chi connectivity index (χ4n) is 1.28. The molecule has 0 amide bonds.